The van der Waals surface area contributed by atoms with Gasteiger partial charge < -0.3 is 35.4 Å². The minimum absolute atomic E-state index is 0.00414. The Hall–Kier alpha value is -6.97. The van der Waals surface area contributed by atoms with Gasteiger partial charge in [-0.3, -0.25) is 4.99 Å². The summed E-state index contributed by atoms with van der Waals surface area (Å²) in [5.41, 5.74) is 10.2. The SMILES string of the molecule is NNC(=NC(C1=CCCC=C1)C1=CCC(c2ccc(-c3c(O)cc(O)c4oc5c(O)c(O)c(O)cc5c34)c3ccccc23)c2ccccc21)c1ccccc1. The lowest BCUT2D eigenvalue weighted by atomic mass is 9.75. The molecule has 0 amide bonds. The molecule has 0 saturated heterocycles. The van der Waals surface area contributed by atoms with Gasteiger partial charge in [0.15, 0.2) is 22.7 Å². The molecule has 6 aromatic carbocycles. The number of benzene rings is 6. The molecule has 9 heteroatoms. The van der Waals surface area contributed by atoms with Gasteiger partial charge in [-0.15, -0.1) is 0 Å². The lowest BCUT2D eigenvalue weighted by Gasteiger charge is -2.31. The van der Waals surface area contributed by atoms with E-state index in [0.717, 1.165) is 51.5 Å². The largest absolute Gasteiger partial charge is 0.507 e. The van der Waals surface area contributed by atoms with Crippen molar-refractivity contribution in [1.29, 1.82) is 0 Å². The molecule has 2 unspecified atom stereocenters. The first-order chi connectivity index (χ1) is 26.8. The predicted molar refractivity (Wildman–Crippen MR) is 216 cm³/mol. The normalized spacial score (nSPS) is 16.2. The van der Waals surface area contributed by atoms with Crippen LogP contribution >= 0.6 is 0 Å². The summed E-state index contributed by atoms with van der Waals surface area (Å²) in [6.07, 6.45) is 11.6. The Kier molecular flexibility index (Phi) is 8.28. The lowest BCUT2D eigenvalue weighted by Crippen LogP contribution is -2.33. The van der Waals surface area contributed by atoms with E-state index in [0.29, 0.717) is 23.4 Å². The number of phenols is 5. The highest BCUT2D eigenvalue weighted by atomic mass is 16.4. The van der Waals surface area contributed by atoms with Gasteiger partial charge in [0.1, 0.15) is 17.6 Å². The van der Waals surface area contributed by atoms with Crippen molar-refractivity contribution >= 4 is 44.1 Å². The minimum atomic E-state index is -0.741. The van der Waals surface area contributed by atoms with Crippen LogP contribution < -0.4 is 11.3 Å². The standard InChI is InChI=1S/C46H37N3O6/c47-49-46(26-13-5-2-6-14-26)48-41(25-11-3-1-4-12-25)34-22-20-32(28-16-8-10-18-30(28)34)31-19-21-33(29-17-9-7-15-27(29)31)39-36(50)24-38(52)45-40(39)35-23-37(51)42(53)43(54)44(35)55-45/h2-3,5-19,21-24,32,41,50-54H,1,4,20,47H2,(H,48,49). The van der Waals surface area contributed by atoms with E-state index in [1.54, 1.807) is 0 Å². The van der Waals surface area contributed by atoms with Crippen LogP contribution in [0.3, 0.4) is 0 Å². The van der Waals surface area contributed by atoms with E-state index in [1.807, 2.05) is 54.6 Å². The number of rotatable bonds is 6. The maximum Gasteiger partial charge on any atom is 0.205 e. The van der Waals surface area contributed by atoms with Gasteiger partial charge in [-0.25, -0.2) is 5.84 Å². The lowest BCUT2D eigenvalue weighted by molar-refractivity contribution is 0.367. The first kappa shape index (κ1) is 33.8. The molecule has 2 aliphatic carbocycles. The summed E-state index contributed by atoms with van der Waals surface area (Å²) in [4.78, 5) is 5.27. The Balaban J connectivity index is 1.20. The molecule has 0 bridgehead atoms. The molecular formula is C46H37N3O6. The number of allylic oxidation sites excluding steroid dienone is 3. The zero-order valence-corrected chi connectivity index (χ0v) is 29.6. The number of hydrazine groups is 1. The molecular weight excluding hydrogens is 691 g/mol. The Bertz CT molecular complexity index is 2800. The monoisotopic (exact) mass is 727 g/mol. The highest BCUT2D eigenvalue weighted by Crippen LogP contribution is 2.53. The topological polar surface area (TPSA) is 165 Å². The average molecular weight is 728 g/mol. The van der Waals surface area contributed by atoms with Gasteiger partial charge in [-0.2, -0.15) is 0 Å². The number of hydrogen-bond donors (Lipinski definition) is 7. The van der Waals surface area contributed by atoms with Crippen LogP contribution in [0.25, 0.3) is 49.4 Å². The number of nitrogens with two attached hydrogens (primary N) is 1. The summed E-state index contributed by atoms with van der Waals surface area (Å²) in [7, 11) is 0. The fraction of sp³-hybridized carbons (Fsp3) is 0.109. The molecule has 0 radical (unpaired) electrons. The minimum Gasteiger partial charge on any atom is -0.507 e. The molecule has 7 aromatic rings. The van der Waals surface area contributed by atoms with Crippen molar-refractivity contribution in [3.05, 3.63) is 155 Å². The van der Waals surface area contributed by atoms with Gasteiger partial charge in [0.05, 0.1) is 0 Å². The number of nitrogens with one attached hydrogen (secondary N) is 1. The van der Waals surface area contributed by atoms with Gasteiger partial charge in [0.25, 0.3) is 0 Å². The van der Waals surface area contributed by atoms with E-state index in [-0.39, 0.29) is 45.4 Å². The predicted octanol–water partition coefficient (Wildman–Crippen LogP) is 9.41. The van der Waals surface area contributed by atoms with Crippen LogP contribution in [0, 0.1) is 0 Å². The van der Waals surface area contributed by atoms with Crippen LogP contribution in [0.1, 0.15) is 47.4 Å². The van der Waals surface area contributed by atoms with Crippen molar-refractivity contribution in [3.8, 4) is 39.9 Å². The third-order valence-electron chi connectivity index (χ3n) is 10.8. The summed E-state index contributed by atoms with van der Waals surface area (Å²) in [6.45, 7) is 0. The number of nitrogens with zero attached hydrogens (tertiary/aromatic N) is 1. The highest BCUT2D eigenvalue weighted by Gasteiger charge is 2.31. The second kappa shape index (κ2) is 13.5. The Morgan fingerprint density at radius 3 is 2.24 bits per heavy atom. The summed E-state index contributed by atoms with van der Waals surface area (Å²) in [5, 5.41) is 55.9. The van der Waals surface area contributed by atoms with Crippen molar-refractivity contribution in [2.45, 2.75) is 31.2 Å². The molecule has 0 saturated carbocycles. The number of amidine groups is 1. The van der Waals surface area contributed by atoms with Gasteiger partial charge in [0.2, 0.25) is 11.5 Å². The zero-order valence-electron chi connectivity index (χ0n) is 29.6. The fourth-order valence-corrected chi connectivity index (χ4v) is 8.31. The molecule has 55 heavy (non-hydrogen) atoms. The first-order valence-corrected chi connectivity index (χ1v) is 18.2. The molecule has 2 aliphatic rings. The second-order valence-corrected chi connectivity index (χ2v) is 13.9. The Morgan fingerprint density at radius 1 is 0.691 bits per heavy atom. The van der Waals surface area contributed by atoms with Gasteiger partial charge in [-0.05, 0) is 69.5 Å². The summed E-state index contributed by atoms with van der Waals surface area (Å²) >= 11 is 0. The van der Waals surface area contributed by atoms with Crippen molar-refractivity contribution < 1.29 is 29.9 Å². The van der Waals surface area contributed by atoms with Crippen molar-refractivity contribution in [2.24, 2.45) is 10.8 Å². The van der Waals surface area contributed by atoms with E-state index in [1.165, 1.54) is 17.7 Å². The maximum absolute atomic E-state index is 11.4. The maximum atomic E-state index is 11.4. The quantitative estimate of drug-likeness (QED) is 0.0293. The molecule has 1 heterocycles. The third-order valence-corrected chi connectivity index (χ3v) is 10.8. The highest BCUT2D eigenvalue weighted by molar-refractivity contribution is 6.20. The number of phenolic OH excluding ortho intramolecular Hbond substituents is 5. The third kappa shape index (κ3) is 5.55. The van der Waals surface area contributed by atoms with Crippen LogP contribution in [0.4, 0.5) is 0 Å². The van der Waals surface area contributed by atoms with Gasteiger partial charge >= 0.3 is 0 Å². The smallest absolute Gasteiger partial charge is 0.205 e. The van der Waals surface area contributed by atoms with Crippen LogP contribution in [-0.4, -0.2) is 37.4 Å². The van der Waals surface area contributed by atoms with Crippen LogP contribution in [-0.2, 0) is 0 Å². The molecule has 9 nitrogen and oxygen atoms in total. The molecule has 1 aromatic heterocycles. The van der Waals surface area contributed by atoms with E-state index in [2.05, 4.69) is 66.1 Å². The molecule has 0 aliphatic heterocycles. The molecule has 272 valence electrons. The van der Waals surface area contributed by atoms with E-state index < -0.39 is 17.2 Å². The van der Waals surface area contributed by atoms with Gasteiger partial charge in [0, 0.05) is 33.9 Å². The second-order valence-electron chi connectivity index (χ2n) is 13.9. The molecule has 9 rings (SSSR count). The summed E-state index contributed by atoms with van der Waals surface area (Å²) in [6, 6.07) is 32.5. The Morgan fingerprint density at radius 2 is 1.45 bits per heavy atom. The number of furan rings is 1. The molecule has 0 spiro atoms. The van der Waals surface area contributed by atoms with E-state index in [9.17, 15) is 25.5 Å². The average Bonchev–Trinajstić information content (AvgIpc) is 3.60. The first-order valence-electron chi connectivity index (χ1n) is 18.2. The molecule has 8 N–H and O–H groups in total. The zero-order chi connectivity index (χ0) is 37.8. The van der Waals surface area contributed by atoms with Crippen molar-refractivity contribution in [2.75, 3.05) is 0 Å². The van der Waals surface area contributed by atoms with Crippen LogP contribution in [0.2, 0.25) is 0 Å². The van der Waals surface area contributed by atoms with Crippen LogP contribution in [0.15, 0.2) is 142 Å². The molecule has 2 atom stereocenters. The number of fused-ring (bicyclic) bond motifs is 5. The number of hydrogen-bond acceptors (Lipinski definition) is 8. The fourth-order valence-electron chi connectivity index (χ4n) is 8.31. The Labute approximate surface area is 315 Å². The van der Waals surface area contributed by atoms with Crippen molar-refractivity contribution in [3.63, 3.8) is 0 Å². The van der Waals surface area contributed by atoms with Crippen LogP contribution in [0.5, 0.6) is 28.7 Å². The van der Waals surface area contributed by atoms with E-state index in [4.69, 9.17) is 15.3 Å². The summed E-state index contributed by atoms with van der Waals surface area (Å²) in [5.74, 6) is 4.14. The van der Waals surface area contributed by atoms with Crippen molar-refractivity contribution in [1.82, 2.24) is 5.43 Å². The van der Waals surface area contributed by atoms with E-state index >= 15 is 0 Å². The molecule has 0 fully saturated rings. The summed E-state index contributed by atoms with van der Waals surface area (Å²) < 4.78 is 5.85. The van der Waals surface area contributed by atoms with Gasteiger partial charge in [-0.1, -0.05) is 115 Å². The number of aliphatic imine (C=N–C) groups is 1. The number of aromatic hydroxyl groups is 5.